The number of benzene rings is 1. The third kappa shape index (κ3) is 3.80. The third-order valence-electron chi connectivity index (χ3n) is 3.61. The van der Waals surface area contributed by atoms with Crippen molar-refractivity contribution in [1.29, 1.82) is 0 Å². The number of nitrogens with one attached hydrogen (secondary N) is 2. The minimum atomic E-state index is 0.375. The van der Waals surface area contributed by atoms with Crippen LogP contribution in [-0.4, -0.2) is 46.6 Å². The second-order valence-electron chi connectivity index (χ2n) is 5.43. The molecule has 0 bridgehead atoms. The summed E-state index contributed by atoms with van der Waals surface area (Å²) in [5.74, 6) is 0. The van der Waals surface area contributed by atoms with Gasteiger partial charge < -0.3 is 15.4 Å². The highest BCUT2D eigenvalue weighted by Gasteiger charge is 2.16. The summed E-state index contributed by atoms with van der Waals surface area (Å²) in [5.41, 5.74) is 2.15. The molecule has 6 nitrogen and oxygen atoms in total. The summed E-state index contributed by atoms with van der Waals surface area (Å²) < 4.78 is 7.39. The summed E-state index contributed by atoms with van der Waals surface area (Å²) in [6.45, 7) is 4.76. The second kappa shape index (κ2) is 6.69. The summed E-state index contributed by atoms with van der Waals surface area (Å²) in [7, 11) is 0. The van der Waals surface area contributed by atoms with Gasteiger partial charge in [-0.3, -0.25) is 4.57 Å². The van der Waals surface area contributed by atoms with Crippen molar-refractivity contribution in [3.63, 3.8) is 0 Å². The molecule has 112 valence electrons. The van der Waals surface area contributed by atoms with E-state index in [1.165, 1.54) is 0 Å². The van der Waals surface area contributed by atoms with Crippen molar-refractivity contribution in [2.24, 2.45) is 0 Å². The molecule has 0 aliphatic carbocycles. The van der Waals surface area contributed by atoms with Gasteiger partial charge >= 0.3 is 0 Å². The van der Waals surface area contributed by atoms with Gasteiger partial charge in [0.1, 0.15) is 12.7 Å². The normalized spacial score (nSPS) is 20.1. The topological polar surface area (TPSA) is 64.0 Å². The predicted octanol–water partition coefficient (Wildman–Crippen LogP) is 1.45. The van der Waals surface area contributed by atoms with Gasteiger partial charge in [0.15, 0.2) is 0 Å². The van der Waals surface area contributed by atoms with E-state index < -0.39 is 0 Å². The monoisotopic (exact) mass is 287 g/mol. The van der Waals surface area contributed by atoms with Crippen LogP contribution in [0, 0.1) is 0 Å². The first-order valence-electron chi connectivity index (χ1n) is 7.34. The first-order valence-corrected chi connectivity index (χ1v) is 7.34. The molecule has 1 saturated heterocycles. The van der Waals surface area contributed by atoms with Gasteiger partial charge in [-0.15, -0.1) is 10.2 Å². The Kier molecular flexibility index (Phi) is 4.47. The third-order valence-corrected chi connectivity index (χ3v) is 3.61. The molecular formula is C15H21N5O. The zero-order valence-electron chi connectivity index (χ0n) is 12.2. The van der Waals surface area contributed by atoms with Gasteiger partial charge in [0, 0.05) is 24.3 Å². The molecule has 1 aliphatic rings. The molecule has 21 heavy (non-hydrogen) atoms. The maximum atomic E-state index is 5.49. The van der Waals surface area contributed by atoms with E-state index in [2.05, 4.69) is 39.9 Å². The number of ether oxygens (including phenoxy) is 1. The van der Waals surface area contributed by atoms with Crippen molar-refractivity contribution in [2.75, 3.05) is 25.1 Å². The van der Waals surface area contributed by atoms with E-state index >= 15 is 0 Å². The van der Waals surface area contributed by atoms with Gasteiger partial charge in [0.2, 0.25) is 0 Å². The molecule has 1 aliphatic heterocycles. The lowest BCUT2D eigenvalue weighted by Gasteiger charge is -2.27. The van der Waals surface area contributed by atoms with Crippen LogP contribution < -0.4 is 10.6 Å². The molecule has 2 atom stereocenters. The molecule has 1 aromatic heterocycles. The van der Waals surface area contributed by atoms with Crippen LogP contribution in [0.15, 0.2) is 36.9 Å². The second-order valence-corrected chi connectivity index (χ2v) is 5.43. The number of aromatic nitrogens is 3. The molecule has 2 unspecified atom stereocenters. The van der Waals surface area contributed by atoms with Crippen LogP contribution in [-0.2, 0) is 4.74 Å². The molecule has 3 rings (SSSR count). The minimum Gasteiger partial charge on any atom is -0.382 e. The summed E-state index contributed by atoms with van der Waals surface area (Å²) in [6, 6.07) is 9.06. The highest BCUT2D eigenvalue weighted by Crippen LogP contribution is 2.16. The molecule has 1 aromatic carbocycles. The van der Waals surface area contributed by atoms with Crippen molar-refractivity contribution in [3.05, 3.63) is 36.9 Å². The lowest BCUT2D eigenvalue weighted by atomic mass is 10.1. The molecule has 2 heterocycles. The Labute approximate surface area is 124 Å². The molecule has 0 amide bonds. The van der Waals surface area contributed by atoms with Crippen molar-refractivity contribution in [1.82, 2.24) is 20.1 Å². The molecule has 2 aromatic rings. The summed E-state index contributed by atoms with van der Waals surface area (Å²) >= 11 is 0. The SMILES string of the molecule is CC(CC1COCCN1)Nc1cccc(-n2cnnc2)c1. The zero-order valence-corrected chi connectivity index (χ0v) is 12.2. The van der Waals surface area contributed by atoms with E-state index in [-0.39, 0.29) is 0 Å². The number of nitrogens with zero attached hydrogens (tertiary/aromatic N) is 3. The average molecular weight is 287 g/mol. The van der Waals surface area contributed by atoms with Gasteiger partial charge in [-0.05, 0) is 31.5 Å². The lowest BCUT2D eigenvalue weighted by Crippen LogP contribution is -2.43. The minimum absolute atomic E-state index is 0.375. The fourth-order valence-electron chi connectivity index (χ4n) is 2.63. The smallest absolute Gasteiger partial charge is 0.123 e. The van der Waals surface area contributed by atoms with E-state index in [0.717, 1.165) is 37.6 Å². The van der Waals surface area contributed by atoms with E-state index in [4.69, 9.17) is 4.74 Å². The number of hydrogen-bond acceptors (Lipinski definition) is 5. The average Bonchev–Trinajstić information content (AvgIpc) is 3.02. The van der Waals surface area contributed by atoms with Crippen molar-refractivity contribution < 1.29 is 4.74 Å². The first-order chi connectivity index (χ1) is 10.3. The van der Waals surface area contributed by atoms with E-state index in [0.29, 0.717) is 12.1 Å². The van der Waals surface area contributed by atoms with Crippen LogP contribution in [0.1, 0.15) is 13.3 Å². The molecule has 0 spiro atoms. The quantitative estimate of drug-likeness (QED) is 0.871. The van der Waals surface area contributed by atoms with Gasteiger partial charge in [-0.1, -0.05) is 6.07 Å². The highest BCUT2D eigenvalue weighted by atomic mass is 16.5. The van der Waals surface area contributed by atoms with Crippen LogP contribution in [0.5, 0.6) is 0 Å². The summed E-state index contributed by atoms with van der Waals surface area (Å²) in [4.78, 5) is 0. The molecule has 0 radical (unpaired) electrons. The first kappa shape index (κ1) is 14.0. The molecular weight excluding hydrogens is 266 g/mol. The Morgan fingerprint density at radius 3 is 3.05 bits per heavy atom. The lowest BCUT2D eigenvalue weighted by molar-refractivity contribution is 0.0731. The van der Waals surface area contributed by atoms with Crippen molar-refractivity contribution in [3.8, 4) is 5.69 Å². The Balaban J connectivity index is 1.60. The van der Waals surface area contributed by atoms with E-state index in [9.17, 15) is 0 Å². The Morgan fingerprint density at radius 1 is 1.43 bits per heavy atom. The number of rotatable bonds is 5. The van der Waals surface area contributed by atoms with Gasteiger partial charge in [0.05, 0.1) is 18.9 Å². The van der Waals surface area contributed by atoms with E-state index in [1.54, 1.807) is 12.7 Å². The van der Waals surface area contributed by atoms with Gasteiger partial charge in [-0.25, -0.2) is 0 Å². The van der Waals surface area contributed by atoms with Crippen LogP contribution in [0.4, 0.5) is 5.69 Å². The van der Waals surface area contributed by atoms with Gasteiger partial charge in [0.25, 0.3) is 0 Å². The van der Waals surface area contributed by atoms with Crippen molar-refractivity contribution in [2.45, 2.75) is 25.4 Å². The maximum absolute atomic E-state index is 5.49. The largest absolute Gasteiger partial charge is 0.382 e. The zero-order chi connectivity index (χ0) is 14.5. The highest BCUT2D eigenvalue weighted by molar-refractivity contribution is 5.51. The number of anilines is 1. The summed E-state index contributed by atoms with van der Waals surface area (Å²) in [6.07, 6.45) is 4.44. The standard InChI is InChI=1S/C15H21N5O/c1-12(7-14-9-21-6-5-16-14)19-13-3-2-4-15(8-13)20-10-17-18-11-20/h2-4,8,10-12,14,16,19H,5-7,9H2,1H3. The molecule has 6 heteroatoms. The number of morpholine rings is 1. The Morgan fingerprint density at radius 2 is 2.29 bits per heavy atom. The Hall–Kier alpha value is -1.92. The van der Waals surface area contributed by atoms with Crippen LogP contribution in [0.25, 0.3) is 5.69 Å². The fraction of sp³-hybridized carbons (Fsp3) is 0.467. The van der Waals surface area contributed by atoms with Gasteiger partial charge in [-0.2, -0.15) is 0 Å². The fourth-order valence-corrected chi connectivity index (χ4v) is 2.63. The van der Waals surface area contributed by atoms with E-state index in [1.807, 2.05) is 16.7 Å². The van der Waals surface area contributed by atoms with Crippen LogP contribution in [0.3, 0.4) is 0 Å². The van der Waals surface area contributed by atoms with Crippen LogP contribution >= 0.6 is 0 Å². The predicted molar refractivity (Wildman–Crippen MR) is 81.7 cm³/mol. The summed E-state index contributed by atoms with van der Waals surface area (Å²) in [5, 5.41) is 14.7. The molecule has 1 fully saturated rings. The van der Waals surface area contributed by atoms with Crippen LogP contribution in [0.2, 0.25) is 0 Å². The Bertz CT molecular complexity index is 551. The maximum Gasteiger partial charge on any atom is 0.123 e. The molecule has 2 N–H and O–H groups in total. The molecule has 0 saturated carbocycles. The van der Waals surface area contributed by atoms with Crippen molar-refractivity contribution >= 4 is 5.69 Å². The number of hydrogen-bond donors (Lipinski definition) is 2.